The van der Waals surface area contributed by atoms with Gasteiger partial charge in [0.15, 0.2) is 0 Å². The van der Waals surface area contributed by atoms with Crippen LogP contribution in [0.1, 0.15) is 52.5 Å². The highest BCUT2D eigenvalue weighted by Crippen LogP contribution is 2.19. The van der Waals surface area contributed by atoms with Crippen LogP contribution in [0.25, 0.3) is 0 Å². The maximum absolute atomic E-state index is 13.1. The Morgan fingerprint density at radius 2 is 1.92 bits per heavy atom. The van der Waals surface area contributed by atoms with E-state index in [4.69, 9.17) is 10.5 Å². The normalized spacial score (nSPS) is 10.3. The Kier molecular flexibility index (Phi) is 5.00. The smallest absolute Gasteiger partial charge is 0.287 e. The van der Waals surface area contributed by atoms with Crippen molar-refractivity contribution in [2.24, 2.45) is 0 Å². The first-order valence-electron chi connectivity index (χ1n) is 7.60. The lowest BCUT2D eigenvalue weighted by atomic mass is 9.95. The number of benzene rings is 1. The van der Waals surface area contributed by atoms with Crippen molar-refractivity contribution in [3.63, 3.8) is 0 Å². The molecule has 7 heteroatoms. The molecule has 2 rings (SSSR count). The maximum atomic E-state index is 13.1. The number of ketones is 1. The largest absolute Gasteiger partial charge is 0.329 e. The molecule has 0 fully saturated rings. The number of nitrogens with zero attached hydrogens (tertiary/aromatic N) is 3. The number of nitrogens with one attached hydrogen (secondary N) is 1. The van der Waals surface area contributed by atoms with E-state index in [1.807, 2.05) is 12.1 Å². The van der Waals surface area contributed by atoms with Crippen LogP contribution in [-0.2, 0) is 6.54 Å². The van der Waals surface area contributed by atoms with Gasteiger partial charge in [0.05, 0.1) is 17.7 Å². The Morgan fingerprint density at radius 3 is 2.48 bits per heavy atom. The molecular formula is C18H16N4O3. The molecule has 7 nitrogen and oxygen atoms in total. The predicted octanol–water partition coefficient (Wildman–Crippen LogP) is 1.59. The molecule has 1 aromatic heterocycles. The minimum Gasteiger partial charge on any atom is -0.287 e. The second-order valence-corrected chi connectivity index (χ2v) is 5.95. The number of rotatable bonds is 4. The number of aromatic amines is 1. The molecular weight excluding hydrogens is 320 g/mol. The van der Waals surface area contributed by atoms with Crippen molar-refractivity contribution in [3.8, 4) is 12.1 Å². The topological polar surface area (TPSA) is 120 Å². The van der Waals surface area contributed by atoms with Gasteiger partial charge in [-0.15, -0.1) is 0 Å². The quantitative estimate of drug-likeness (QED) is 0.850. The summed E-state index contributed by atoms with van der Waals surface area (Å²) in [6.45, 7) is 4.81. The number of hydrogen-bond donors (Lipinski definition) is 1. The molecule has 2 aromatic rings. The van der Waals surface area contributed by atoms with Crippen LogP contribution in [0.4, 0.5) is 0 Å². The molecule has 1 N–H and O–H groups in total. The van der Waals surface area contributed by atoms with Crippen molar-refractivity contribution in [1.82, 2.24) is 9.55 Å². The fraction of sp³-hybridized carbons (Fsp3) is 0.278. The minimum absolute atomic E-state index is 0.111. The Morgan fingerprint density at radius 1 is 1.24 bits per heavy atom. The van der Waals surface area contributed by atoms with Gasteiger partial charge >= 0.3 is 5.69 Å². The standard InChI is InChI=1S/C18H16N4O3/c1-10(2)14-15(22(5-4-19)18(25)21-17(14)24)16(23)13-7-11(3)6-12(8-13)9-20/h6-8,10H,5H2,1-3H3,(H,21,24,25). The summed E-state index contributed by atoms with van der Waals surface area (Å²) in [6, 6.07) is 8.41. The summed E-state index contributed by atoms with van der Waals surface area (Å²) in [6.07, 6.45) is 0. The summed E-state index contributed by atoms with van der Waals surface area (Å²) in [7, 11) is 0. The lowest BCUT2D eigenvalue weighted by Gasteiger charge is -2.15. The van der Waals surface area contributed by atoms with Crippen LogP contribution >= 0.6 is 0 Å². The molecule has 1 aromatic carbocycles. The third kappa shape index (κ3) is 3.41. The number of hydrogen-bond acceptors (Lipinski definition) is 5. The van der Waals surface area contributed by atoms with E-state index in [0.29, 0.717) is 11.1 Å². The molecule has 126 valence electrons. The Hall–Kier alpha value is -3.45. The number of carbonyl (C=O) groups excluding carboxylic acids is 1. The third-order valence-electron chi connectivity index (χ3n) is 3.73. The van der Waals surface area contributed by atoms with Gasteiger partial charge in [0.25, 0.3) is 5.56 Å². The summed E-state index contributed by atoms with van der Waals surface area (Å²) < 4.78 is 0.966. The zero-order valence-electron chi connectivity index (χ0n) is 14.1. The van der Waals surface area contributed by atoms with Crippen LogP contribution in [0.5, 0.6) is 0 Å². The van der Waals surface area contributed by atoms with Crippen LogP contribution < -0.4 is 11.2 Å². The van der Waals surface area contributed by atoms with E-state index in [0.717, 1.165) is 4.57 Å². The van der Waals surface area contributed by atoms with Gasteiger partial charge in [-0.25, -0.2) is 4.79 Å². The molecule has 0 spiro atoms. The minimum atomic E-state index is -0.813. The molecule has 0 atom stereocenters. The van der Waals surface area contributed by atoms with Crippen LogP contribution in [-0.4, -0.2) is 15.3 Å². The highest BCUT2D eigenvalue weighted by atomic mass is 16.2. The molecule has 0 aliphatic heterocycles. The van der Waals surface area contributed by atoms with Gasteiger partial charge in [0.1, 0.15) is 12.2 Å². The van der Waals surface area contributed by atoms with Gasteiger partial charge in [0, 0.05) is 11.1 Å². The monoisotopic (exact) mass is 336 g/mol. The number of H-pyrrole nitrogens is 1. The third-order valence-corrected chi connectivity index (χ3v) is 3.73. The molecule has 0 saturated heterocycles. The molecule has 1 heterocycles. The second-order valence-electron chi connectivity index (χ2n) is 5.95. The van der Waals surface area contributed by atoms with Gasteiger partial charge in [-0.2, -0.15) is 10.5 Å². The number of carbonyl (C=O) groups is 1. The molecule has 0 amide bonds. The zero-order chi connectivity index (χ0) is 18.7. The first-order valence-corrected chi connectivity index (χ1v) is 7.60. The summed E-state index contributed by atoms with van der Waals surface area (Å²) >= 11 is 0. The number of nitriles is 2. The van der Waals surface area contributed by atoms with Crippen LogP contribution in [0.2, 0.25) is 0 Å². The predicted molar refractivity (Wildman–Crippen MR) is 90.4 cm³/mol. The number of aromatic nitrogens is 2. The molecule has 0 aliphatic rings. The van der Waals surface area contributed by atoms with Crippen molar-refractivity contribution in [2.75, 3.05) is 0 Å². The van der Waals surface area contributed by atoms with Gasteiger partial charge in [-0.05, 0) is 36.6 Å². The fourth-order valence-corrected chi connectivity index (χ4v) is 2.70. The molecule has 0 saturated carbocycles. The summed E-state index contributed by atoms with van der Waals surface area (Å²) in [5, 5.41) is 18.1. The van der Waals surface area contributed by atoms with Gasteiger partial charge in [-0.1, -0.05) is 13.8 Å². The van der Waals surface area contributed by atoms with Crippen molar-refractivity contribution < 1.29 is 4.79 Å². The first kappa shape index (κ1) is 17.9. The molecule has 0 unspecified atom stereocenters. The summed E-state index contributed by atoms with van der Waals surface area (Å²) in [4.78, 5) is 39.5. The second kappa shape index (κ2) is 6.98. The van der Waals surface area contributed by atoms with E-state index in [-0.39, 0.29) is 29.3 Å². The lowest BCUT2D eigenvalue weighted by molar-refractivity contribution is 0.102. The first-order chi connectivity index (χ1) is 11.8. The van der Waals surface area contributed by atoms with E-state index in [9.17, 15) is 14.4 Å². The van der Waals surface area contributed by atoms with Crippen molar-refractivity contribution in [1.29, 1.82) is 10.5 Å². The highest BCUT2D eigenvalue weighted by Gasteiger charge is 2.24. The van der Waals surface area contributed by atoms with E-state index in [2.05, 4.69) is 4.98 Å². The van der Waals surface area contributed by atoms with Crippen LogP contribution in [0.15, 0.2) is 27.8 Å². The van der Waals surface area contributed by atoms with E-state index in [1.165, 1.54) is 6.07 Å². The SMILES string of the molecule is Cc1cc(C#N)cc(C(=O)c2c(C(C)C)c(=O)[nH]c(=O)n2CC#N)c1. The van der Waals surface area contributed by atoms with Crippen molar-refractivity contribution in [2.45, 2.75) is 33.2 Å². The Balaban J connectivity index is 2.86. The summed E-state index contributed by atoms with van der Waals surface area (Å²) in [5.74, 6) is -0.907. The summed E-state index contributed by atoms with van der Waals surface area (Å²) in [5.41, 5.74) is -0.242. The van der Waals surface area contributed by atoms with Crippen molar-refractivity contribution >= 4 is 5.78 Å². The van der Waals surface area contributed by atoms with Gasteiger partial charge < -0.3 is 0 Å². The average Bonchev–Trinajstić information content (AvgIpc) is 2.55. The molecule has 25 heavy (non-hydrogen) atoms. The lowest BCUT2D eigenvalue weighted by Crippen LogP contribution is -2.37. The molecule has 0 aliphatic carbocycles. The van der Waals surface area contributed by atoms with Gasteiger partial charge in [-0.3, -0.25) is 19.1 Å². The Labute approximate surface area is 143 Å². The number of aryl methyl sites for hydroxylation is 1. The zero-order valence-corrected chi connectivity index (χ0v) is 14.1. The van der Waals surface area contributed by atoms with Crippen molar-refractivity contribution in [3.05, 3.63) is 67.0 Å². The van der Waals surface area contributed by atoms with Crippen LogP contribution in [0, 0.1) is 29.6 Å². The van der Waals surface area contributed by atoms with E-state index < -0.39 is 17.0 Å². The highest BCUT2D eigenvalue weighted by molar-refractivity contribution is 6.09. The Bertz CT molecular complexity index is 1050. The molecule has 0 radical (unpaired) electrons. The molecule has 0 bridgehead atoms. The average molecular weight is 336 g/mol. The van der Waals surface area contributed by atoms with Gasteiger partial charge in [0.2, 0.25) is 5.78 Å². The maximum Gasteiger partial charge on any atom is 0.329 e. The van der Waals surface area contributed by atoms with Crippen LogP contribution in [0.3, 0.4) is 0 Å². The fourth-order valence-electron chi connectivity index (χ4n) is 2.70. The van der Waals surface area contributed by atoms with E-state index in [1.54, 1.807) is 32.9 Å². The van der Waals surface area contributed by atoms with E-state index >= 15 is 0 Å².